The molecular weight excluding hydrogens is 212 g/mol. The van der Waals surface area contributed by atoms with Gasteiger partial charge in [0.2, 0.25) is 0 Å². The van der Waals surface area contributed by atoms with Crippen molar-refractivity contribution in [1.29, 1.82) is 0 Å². The summed E-state index contributed by atoms with van der Waals surface area (Å²) in [6, 6.07) is 0. The van der Waals surface area contributed by atoms with Gasteiger partial charge in [-0.3, -0.25) is 0 Å². The summed E-state index contributed by atoms with van der Waals surface area (Å²) in [7, 11) is 0. The molecule has 0 aromatic rings. The third kappa shape index (κ3) is 4.40. The quantitative estimate of drug-likeness (QED) is 0.457. The average Bonchev–Trinajstić information content (AvgIpc) is 2.59. The Balaban J connectivity index is 2.15. The van der Waals surface area contributed by atoms with Gasteiger partial charge in [0.25, 0.3) is 10.2 Å². The topological polar surface area (TPSA) is 114 Å². The molecular formula is C6H10N2O7. The molecule has 1 aliphatic heterocycles. The Kier molecular flexibility index (Phi) is 4.03. The molecule has 0 bridgehead atoms. The highest BCUT2D eigenvalue weighted by Gasteiger charge is 2.26. The van der Waals surface area contributed by atoms with Gasteiger partial charge in [0.05, 0.1) is 12.2 Å². The van der Waals surface area contributed by atoms with Crippen molar-refractivity contribution in [2.45, 2.75) is 25.0 Å². The van der Waals surface area contributed by atoms with E-state index in [1.165, 1.54) is 0 Å². The lowest BCUT2D eigenvalue weighted by atomic mass is 10.2. The van der Waals surface area contributed by atoms with E-state index in [1.807, 2.05) is 0 Å². The maximum Gasteiger partial charge on any atom is 0.294 e. The van der Waals surface area contributed by atoms with Crippen molar-refractivity contribution in [3.05, 3.63) is 20.2 Å². The third-order valence-corrected chi connectivity index (χ3v) is 1.93. The zero-order chi connectivity index (χ0) is 11.3. The number of hydrogen-bond acceptors (Lipinski definition) is 7. The van der Waals surface area contributed by atoms with E-state index in [9.17, 15) is 20.2 Å². The van der Waals surface area contributed by atoms with E-state index in [-0.39, 0.29) is 13.2 Å². The van der Waals surface area contributed by atoms with E-state index in [1.54, 1.807) is 0 Å². The second kappa shape index (κ2) is 5.29. The lowest BCUT2D eigenvalue weighted by Crippen LogP contribution is -2.22. The van der Waals surface area contributed by atoms with Gasteiger partial charge < -0.3 is 14.4 Å². The van der Waals surface area contributed by atoms with E-state index in [0.717, 1.165) is 0 Å². The fraction of sp³-hybridized carbons (Fsp3) is 1.00. The molecule has 0 aliphatic carbocycles. The molecule has 86 valence electrons. The zero-order valence-corrected chi connectivity index (χ0v) is 7.74. The van der Waals surface area contributed by atoms with Crippen LogP contribution in [0.15, 0.2) is 0 Å². The summed E-state index contributed by atoms with van der Waals surface area (Å²) in [6.45, 7) is -0.302. The predicted molar refractivity (Wildman–Crippen MR) is 43.8 cm³/mol. The number of rotatable bonds is 6. The van der Waals surface area contributed by atoms with Crippen molar-refractivity contribution < 1.29 is 24.6 Å². The summed E-state index contributed by atoms with van der Waals surface area (Å²) in [5.74, 6) is 0. The molecule has 0 radical (unpaired) electrons. The second-order valence-corrected chi connectivity index (χ2v) is 3.00. The van der Waals surface area contributed by atoms with Crippen molar-refractivity contribution in [2.75, 3.05) is 13.2 Å². The van der Waals surface area contributed by atoms with E-state index < -0.39 is 22.4 Å². The smallest absolute Gasteiger partial charge is 0.294 e. The Labute approximate surface area is 84.1 Å². The van der Waals surface area contributed by atoms with Gasteiger partial charge in [0.1, 0.15) is 13.2 Å². The summed E-state index contributed by atoms with van der Waals surface area (Å²) in [6.07, 6.45) is 0.352. The van der Waals surface area contributed by atoms with Gasteiger partial charge in [0.15, 0.2) is 0 Å². The molecule has 2 unspecified atom stereocenters. The van der Waals surface area contributed by atoms with E-state index in [4.69, 9.17) is 4.74 Å². The van der Waals surface area contributed by atoms with Gasteiger partial charge in [-0.25, -0.2) is 0 Å². The minimum atomic E-state index is -0.899. The molecule has 0 amide bonds. The third-order valence-electron chi connectivity index (χ3n) is 1.93. The van der Waals surface area contributed by atoms with Gasteiger partial charge in [-0.1, -0.05) is 0 Å². The van der Waals surface area contributed by atoms with Gasteiger partial charge in [-0.15, -0.1) is 20.2 Å². The highest BCUT2D eigenvalue weighted by atomic mass is 17.0. The highest BCUT2D eigenvalue weighted by molar-refractivity contribution is 4.72. The molecule has 9 nitrogen and oxygen atoms in total. The fourth-order valence-corrected chi connectivity index (χ4v) is 1.31. The molecule has 1 heterocycles. The molecule has 0 N–H and O–H groups in total. The normalized spacial score (nSPS) is 24.8. The minimum absolute atomic E-state index is 0.151. The SMILES string of the molecule is O=[N+]([O-])OCC1CCC(CO[N+](=O)[O-])O1. The standard InChI is InChI=1S/C6H10N2O7/c9-7(10)13-3-5-1-2-6(15-5)4-14-8(11)12/h5-6H,1-4H2. The van der Waals surface area contributed by atoms with Crippen LogP contribution in [-0.2, 0) is 14.4 Å². The Morgan fingerprint density at radius 3 is 1.80 bits per heavy atom. The maximum absolute atomic E-state index is 9.87. The summed E-state index contributed by atoms with van der Waals surface area (Å²) in [5, 5.41) is 17.9. The second-order valence-electron chi connectivity index (χ2n) is 3.00. The van der Waals surface area contributed by atoms with E-state index in [2.05, 4.69) is 9.68 Å². The van der Waals surface area contributed by atoms with Crippen molar-refractivity contribution in [3.8, 4) is 0 Å². The van der Waals surface area contributed by atoms with Crippen LogP contribution < -0.4 is 0 Å². The molecule has 1 aliphatic rings. The van der Waals surface area contributed by atoms with Crippen molar-refractivity contribution in [2.24, 2.45) is 0 Å². The first-order valence-electron chi connectivity index (χ1n) is 4.28. The largest absolute Gasteiger partial charge is 0.371 e. The highest BCUT2D eigenvalue weighted by Crippen LogP contribution is 2.20. The molecule has 0 aromatic heterocycles. The molecule has 1 fully saturated rings. The molecule has 1 saturated heterocycles. The lowest BCUT2D eigenvalue weighted by Gasteiger charge is -2.11. The monoisotopic (exact) mass is 222 g/mol. The average molecular weight is 222 g/mol. The van der Waals surface area contributed by atoms with Crippen LogP contribution in [0.5, 0.6) is 0 Å². The van der Waals surface area contributed by atoms with Crippen LogP contribution >= 0.6 is 0 Å². The van der Waals surface area contributed by atoms with Gasteiger partial charge >= 0.3 is 0 Å². The van der Waals surface area contributed by atoms with Gasteiger partial charge in [-0.2, -0.15) is 0 Å². The van der Waals surface area contributed by atoms with E-state index >= 15 is 0 Å². The Hall–Kier alpha value is -1.64. The van der Waals surface area contributed by atoms with Crippen LogP contribution in [0.1, 0.15) is 12.8 Å². The molecule has 2 atom stereocenters. The first-order valence-corrected chi connectivity index (χ1v) is 4.28. The Morgan fingerprint density at radius 2 is 1.47 bits per heavy atom. The molecule has 9 heteroatoms. The first kappa shape index (κ1) is 11.4. The minimum Gasteiger partial charge on any atom is -0.371 e. The molecule has 1 rings (SSSR count). The zero-order valence-electron chi connectivity index (χ0n) is 7.74. The Morgan fingerprint density at radius 1 is 1.07 bits per heavy atom. The molecule has 0 aromatic carbocycles. The van der Waals surface area contributed by atoms with Gasteiger partial charge in [-0.05, 0) is 12.8 Å². The van der Waals surface area contributed by atoms with Crippen LogP contribution in [0.4, 0.5) is 0 Å². The number of ether oxygens (including phenoxy) is 1. The summed E-state index contributed by atoms with van der Waals surface area (Å²) < 4.78 is 5.20. The van der Waals surface area contributed by atoms with Crippen molar-refractivity contribution >= 4 is 0 Å². The number of nitrogens with zero attached hydrogens (tertiary/aromatic N) is 2. The van der Waals surface area contributed by atoms with Crippen molar-refractivity contribution in [1.82, 2.24) is 0 Å². The van der Waals surface area contributed by atoms with Gasteiger partial charge in [0, 0.05) is 0 Å². The summed E-state index contributed by atoms with van der Waals surface area (Å²) in [4.78, 5) is 28.0. The van der Waals surface area contributed by atoms with E-state index in [0.29, 0.717) is 12.8 Å². The van der Waals surface area contributed by atoms with Crippen LogP contribution in [-0.4, -0.2) is 35.6 Å². The fourth-order valence-electron chi connectivity index (χ4n) is 1.31. The molecule has 15 heavy (non-hydrogen) atoms. The molecule has 0 saturated carbocycles. The van der Waals surface area contributed by atoms with Crippen LogP contribution in [0, 0.1) is 20.2 Å². The summed E-state index contributed by atoms with van der Waals surface area (Å²) in [5.41, 5.74) is 0. The number of hydrogen-bond donors (Lipinski definition) is 0. The summed E-state index contributed by atoms with van der Waals surface area (Å²) >= 11 is 0. The van der Waals surface area contributed by atoms with Crippen LogP contribution in [0.2, 0.25) is 0 Å². The van der Waals surface area contributed by atoms with Crippen LogP contribution in [0.25, 0.3) is 0 Å². The lowest BCUT2D eigenvalue weighted by molar-refractivity contribution is -0.761. The first-order chi connectivity index (χ1) is 7.08. The van der Waals surface area contributed by atoms with Crippen molar-refractivity contribution in [3.63, 3.8) is 0 Å². The van der Waals surface area contributed by atoms with Crippen LogP contribution in [0.3, 0.4) is 0 Å². The molecule has 0 spiro atoms. The predicted octanol–water partition coefficient (Wildman–Crippen LogP) is -0.0494. The maximum atomic E-state index is 9.87. The Bertz CT molecular complexity index is 222.